The molecule has 0 saturated carbocycles. The molecule has 4 nitrogen and oxygen atoms in total. The quantitative estimate of drug-likeness (QED) is 0.347. The van der Waals surface area contributed by atoms with E-state index in [1.807, 2.05) is 48.0 Å². The number of para-hydroxylation sites is 1. The first-order chi connectivity index (χ1) is 13.3. The molecule has 0 N–H and O–H groups in total. The van der Waals surface area contributed by atoms with Crippen LogP contribution in [-0.4, -0.2) is 15.0 Å². The molecular weight excluding hydrogens is 374 g/mol. The summed E-state index contributed by atoms with van der Waals surface area (Å²) in [7, 11) is 0. The highest BCUT2D eigenvalue weighted by atomic mass is 32.1. The van der Waals surface area contributed by atoms with Crippen molar-refractivity contribution in [1.29, 1.82) is 0 Å². The van der Waals surface area contributed by atoms with E-state index in [2.05, 4.69) is 28.2 Å². The maximum Gasteiger partial charge on any atom is 0.227 e. The molecular formula is C21H11N3OS2. The Morgan fingerprint density at radius 2 is 1.67 bits per heavy atom. The molecule has 3 aromatic heterocycles. The van der Waals surface area contributed by atoms with Gasteiger partial charge in [0.05, 0.1) is 25.9 Å². The number of hydrogen-bond acceptors (Lipinski definition) is 6. The number of hydrogen-bond donors (Lipinski definition) is 0. The fourth-order valence-corrected chi connectivity index (χ4v) is 4.79. The Morgan fingerprint density at radius 1 is 0.741 bits per heavy atom. The molecule has 6 aromatic rings. The first-order valence-corrected chi connectivity index (χ1v) is 10.1. The van der Waals surface area contributed by atoms with Gasteiger partial charge >= 0.3 is 0 Å². The minimum atomic E-state index is 0.612. The third-order valence-corrected chi connectivity index (χ3v) is 6.40. The van der Waals surface area contributed by atoms with Crippen LogP contribution in [-0.2, 0) is 0 Å². The van der Waals surface area contributed by atoms with Gasteiger partial charge in [-0.05, 0) is 48.5 Å². The van der Waals surface area contributed by atoms with E-state index < -0.39 is 0 Å². The molecule has 0 radical (unpaired) electrons. The highest BCUT2D eigenvalue weighted by molar-refractivity contribution is 7.21. The normalized spacial score (nSPS) is 11.7. The van der Waals surface area contributed by atoms with Crippen molar-refractivity contribution in [3.8, 4) is 22.0 Å². The van der Waals surface area contributed by atoms with Crippen LogP contribution >= 0.6 is 22.7 Å². The molecule has 6 heteroatoms. The van der Waals surface area contributed by atoms with Crippen molar-refractivity contribution < 1.29 is 4.42 Å². The summed E-state index contributed by atoms with van der Waals surface area (Å²) < 4.78 is 8.40. The molecule has 27 heavy (non-hydrogen) atoms. The smallest absolute Gasteiger partial charge is 0.227 e. The van der Waals surface area contributed by atoms with Gasteiger partial charge in [0.2, 0.25) is 5.89 Å². The Morgan fingerprint density at radius 3 is 2.63 bits per heavy atom. The molecule has 0 unspecified atom stereocenters. The Kier molecular flexibility index (Phi) is 3.17. The molecule has 0 aliphatic rings. The minimum absolute atomic E-state index is 0.612. The van der Waals surface area contributed by atoms with Crippen molar-refractivity contribution in [2.24, 2.45) is 0 Å². The Balaban J connectivity index is 1.46. The van der Waals surface area contributed by atoms with Gasteiger partial charge in [-0.3, -0.25) is 0 Å². The van der Waals surface area contributed by atoms with E-state index in [0.29, 0.717) is 5.89 Å². The van der Waals surface area contributed by atoms with E-state index in [4.69, 9.17) is 9.40 Å². The predicted molar refractivity (Wildman–Crippen MR) is 111 cm³/mol. The topological polar surface area (TPSA) is 51.8 Å². The van der Waals surface area contributed by atoms with Gasteiger partial charge in [0.25, 0.3) is 0 Å². The van der Waals surface area contributed by atoms with Crippen molar-refractivity contribution in [2.75, 3.05) is 0 Å². The van der Waals surface area contributed by atoms with Crippen molar-refractivity contribution in [1.82, 2.24) is 15.0 Å². The van der Waals surface area contributed by atoms with Crippen molar-refractivity contribution >= 4 is 54.2 Å². The van der Waals surface area contributed by atoms with Crippen LogP contribution in [0, 0.1) is 0 Å². The Hall–Kier alpha value is -3.09. The highest BCUT2D eigenvalue weighted by Gasteiger charge is 2.12. The highest BCUT2D eigenvalue weighted by Crippen LogP contribution is 2.33. The largest absolute Gasteiger partial charge is 0.436 e. The van der Waals surface area contributed by atoms with Gasteiger partial charge in [-0.15, -0.1) is 22.7 Å². The van der Waals surface area contributed by atoms with E-state index in [1.54, 1.807) is 22.7 Å². The van der Waals surface area contributed by atoms with E-state index >= 15 is 0 Å². The zero-order valence-corrected chi connectivity index (χ0v) is 15.6. The molecule has 0 bridgehead atoms. The van der Waals surface area contributed by atoms with Crippen LogP contribution in [0.15, 0.2) is 70.6 Å². The molecule has 3 aromatic carbocycles. The third kappa shape index (κ3) is 2.45. The van der Waals surface area contributed by atoms with Gasteiger partial charge < -0.3 is 4.42 Å². The standard InChI is InChI=1S/C21H11N3OS2/c1-2-4-19-15(3-1)24-21(27-19)13-5-7-14-17(10-13)25-20(23-14)12-6-8-18-16(9-12)22-11-26-18/h1-11H. The zero-order chi connectivity index (χ0) is 17.8. The summed E-state index contributed by atoms with van der Waals surface area (Å²) in [5.74, 6) is 0.612. The van der Waals surface area contributed by atoms with Crippen molar-refractivity contribution in [2.45, 2.75) is 0 Å². The maximum atomic E-state index is 6.06. The number of thiazole rings is 2. The summed E-state index contributed by atoms with van der Waals surface area (Å²) in [4.78, 5) is 13.8. The van der Waals surface area contributed by atoms with Crippen LogP contribution in [0.3, 0.4) is 0 Å². The third-order valence-electron chi connectivity index (χ3n) is 4.51. The van der Waals surface area contributed by atoms with Gasteiger partial charge in [-0.2, -0.15) is 0 Å². The molecule has 0 spiro atoms. The summed E-state index contributed by atoms with van der Waals surface area (Å²) in [5.41, 5.74) is 7.42. The molecule has 0 amide bonds. The number of rotatable bonds is 2. The van der Waals surface area contributed by atoms with Gasteiger partial charge in [0.1, 0.15) is 10.5 Å². The molecule has 128 valence electrons. The number of oxazole rings is 1. The molecule has 0 saturated heterocycles. The summed E-state index contributed by atoms with van der Waals surface area (Å²) in [6.45, 7) is 0. The van der Waals surface area contributed by atoms with Crippen LogP contribution in [0.4, 0.5) is 0 Å². The lowest BCUT2D eigenvalue weighted by atomic mass is 10.2. The fraction of sp³-hybridized carbons (Fsp3) is 0. The molecule has 3 heterocycles. The number of nitrogens with zero attached hydrogens (tertiary/aromatic N) is 3. The van der Waals surface area contributed by atoms with Crippen LogP contribution < -0.4 is 0 Å². The van der Waals surface area contributed by atoms with Gasteiger partial charge in [-0.1, -0.05) is 12.1 Å². The van der Waals surface area contributed by atoms with E-state index in [0.717, 1.165) is 43.0 Å². The number of fused-ring (bicyclic) bond motifs is 3. The lowest BCUT2D eigenvalue weighted by molar-refractivity contribution is 0.620. The minimum Gasteiger partial charge on any atom is -0.436 e. The molecule has 0 aliphatic carbocycles. The van der Waals surface area contributed by atoms with Gasteiger partial charge in [0.15, 0.2) is 5.58 Å². The first kappa shape index (κ1) is 15.0. The Labute approximate surface area is 161 Å². The second-order valence-electron chi connectivity index (χ2n) is 6.22. The maximum absolute atomic E-state index is 6.06. The van der Waals surface area contributed by atoms with Gasteiger partial charge in [0, 0.05) is 11.1 Å². The van der Waals surface area contributed by atoms with Crippen LogP contribution in [0.25, 0.3) is 53.6 Å². The fourth-order valence-electron chi connectivity index (χ4n) is 3.17. The van der Waals surface area contributed by atoms with Crippen LogP contribution in [0.2, 0.25) is 0 Å². The first-order valence-electron chi connectivity index (χ1n) is 8.44. The van der Waals surface area contributed by atoms with Crippen molar-refractivity contribution in [3.05, 3.63) is 66.2 Å². The summed E-state index contributed by atoms with van der Waals surface area (Å²) in [6, 6.07) is 20.3. The van der Waals surface area contributed by atoms with Crippen molar-refractivity contribution in [3.63, 3.8) is 0 Å². The lowest BCUT2D eigenvalue weighted by Crippen LogP contribution is -1.77. The SMILES string of the molecule is c1ccc2sc(-c3ccc4nc(-c5ccc6scnc6c5)oc4c3)nc2c1. The Bertz CT molecular complexity index is 1410. The molecule has 0 aliphatic heterocycles. The lowest BCUT2D eigenvalue weighted by Gasteiger charge is -1.95. The second kappa shape index (κ2) is 5.70. The average molecular weight is 385 g/mol. The molecule has 6 rings (SSSR count). The summed E-state index contributed by atoms with van der Waals surface area (Å²) >= 11 is 3.31. The second-order valence-corrected chi connectivity index (χ2v) is 8.14. The molecule has 0 fully saturated rings. The summed E-state index contributed by atoms with van der Waals surface area (Å²) in [5, 5.41) is 0.986. The molecule has 0 atom stereocenters. The predicted octanol–water partition coefficient (Wildman–Crippen LogP) is 6.38. The number of benzene rings is 3. The average Bonchev–Trinajstić information content (AvgIpc) is 3.42. The van der Waals surface area contributed by atoms with E-state index in [1.165, 1.54) is 4.70 Å². The summed E-state index contributed by atoms with van der Waals surface area (Å²) in [6.07, 6.45) is 0. The van der Waals surface area contributed by atoms with Crippen LogP contribution in [0.5, 0.6) is 0 Å². The zero-order valence-electron chi connectivity index (χ0n) is 13.9. The monoisotopic (exact) mass is 385 g/mol. The van der Waals surface area contributed by atoms with E-state index in [9.17, 15) is 0 Å². The van der Waals surface area contributed by atoms with Crippen LogP contribution in [0.1, 0.15) is 0 Å². The van der Waals surface area contributed by atoms with E-state index in [-0.39, 0.29) is 0 Å². The van der Waals surface area contributed by atoms with Gasteiger partial charge in [-0.25, -0.2) is 15.0 Å². The number of aromatic nitrogens is 3.